The second-order valence-electron chi connectivity index (χ2n) is 6.31. The Kier molecular flexibility index (Phi) is 4.11. The van der Waals surface area contributed by atoms with Gasteiger partial charge in [0.05, 0.1) is 12.0 Å². The average Bonchev–Trinajstić information content (AvgIpc) is 2.87. The van der Waals surface area contributed by atoms with Crippen LogP contribution in [0.3, 0.4) is 0 Å². The second kappa shape index (κ2) is 6.02. The molecule has 0 bridgehead atoms. The molecule has 1 aliphatic rings. The predicted octanol–water partition coefficient (Wildman–Crippen LogP) is 3.58. The van der Waals surface area contributed by atoms with E-state index in [1.807, 2.05) is 6.33 Å². The quantitative estimate of drug-likeness (QED) is 0.935. The van der Waals surface area contributed by atoms with Gasteiger partial charge in [-0.1, -0.05) is 30.3 Å². The number of rotatable bonds is 3. The molecular formula is C18H25N3. The Labute approximate surface area is 127 Å². The summed E-state index contributed by atoms with van der Waals surface area (Å²) in [5.41, 5.74) is 9.92. The maximum absolute atomic E-state index is 6.04. The third-order valence-electron chi connectivity index (χ3n) is 5.17. The fraction of sp³-hybridized carbons (Fsp3) is 0.500. The van der Waals surface area contributed by atoms with E-state index in [0.29, 0.717) is 17.9 Å². The molecule has 3 unspecified atom stereocenters. The summed E-state index contributed by atoms with van der Waals surface area (Å²) in [5.74, 6) is 1.21. The Balaban J connectivity index is 1.87. The van der Waals surface area contributed by atoms with Gasteiger partial charge in [-0.3, -0.25) is 0 Å². The Morgan fingerprint density at radius 3 is 2.57 bits per heavy atom. The van der Waals surface area contributed by atoms with E-state index in [-0.39, 0.29) is 0 Å². The number of aryl methyl sites for hydroxylation is 1. The van der Waals surface area contributed by atoms with E-state index in [1.54, 1.807) is 0 Å². The highest BCUT2D eigenvalue weighted by Crippen LogP contribution is 2.42. The van der Waals surface area contributed by atoms with Crippen molar-refractivity contribution in [3.05, 3.63) is 53.6 Å². The van der Waals surface area contributed by atoms with Crippen molar-refractivity contribution in [2.45, 2.75) is 45.1 Å². The van der Waals surface area contributed by atoms with Crippen LogP contribution in [-0.4, -0.2) is 16.1 Å². The Bertz CT molecular complexity index is 588. The van der Waals surface area contributed by atoms with Gasteiger partial charge in [-0.2, -0.15) is 0 Å². The van der Waals surface area contributed by atoms with Crippen LogP contribution in [0.4, 0.5) is 0 Å². The lowest BCUT2D eigenvalue weighted by molar-refractivity contribution is 0.220. The monoisotopic (exact) mass is 283 g/mol. The summed E-state index contributed by atoms with van der Waals surface area (Å²) < 4.78 is 2.36. The van der Waals surface area contributed by atoms with E-state index in [2.05, 4.69) is 53.7 Å². The minimum absolute atomic E-state index is 0.482. The molecule has 21 heavy (non-hydrogen) atoms. The predicted molar refractivity (Wildman–Crippen MR) is 86.3 cm³/mol. The molecule has 3 atom stereocenters. The van der Waals surface area contributed by atoms with E-state index in [9.17, 15) is 0 Å². The summed E-state index contributed by atoms with van der Waals surface area (Å²) in [5, 5.41) is 0. The molecule has 112 valence electrons. The number of nitrogens with zero attached hydrogens (tertiary/aromatic N) is 2. The summed E-state index contributed by atoms with van der Waals surface area (Å²) in [7, 11) is 0. The molecule has 0 amide bonds. The fourth-order valence-corrected chi connectivity index (χ4v) is 3.70. The first-order valence-corrected chi connectivity index (χ1v) is 7.95. The van der Waals surface area contributed by atoms with Gasteiger partial charge in [-0.15, -0.1) is 0 Å². The first-order valence-electron chi connectivity index (χ1n) is 7.95. The lowest BCUT2D eigenvalue weighted by Crippen LogP contribution is -2.32. The zero-order valence-electron chi connectivity index (χ0n) is 13.0. The van der Waals surface area contributed by atoms with Crippen molar-refractivity contribution >= 4 is 0 Å². The van der Waals surface area contributed by atoms with Gasteiger partial charge in [0.15, 0.2) is 0 Å². The lowest BCUT2D eigenvalue weighted by atomic mass is 9.75. The van der Waals surface area contributed by atoms with E-state index >= 15 is 0 Å². The lowest BCUT2D eigenvalue weighted by Gasteiger charge is -2.37. The minimum Gasteiger partial charge on any atom is -0.331 e. The molecule has 1 heterocycles. The van der Waals surface area contributed by atoms with Crippen LogP contribution >= 0.6 is 0 Å². The smallest absolute Gasteiger partial charge is 0.0954 e. The number of hydrogen-bond donors (Lipinski definition) is 1. The molecule has 3 rings (SSSR count). The average molecular weight is 283 g/mol. The van der Waals surface area contributed by atoms with Crippen LogP contribution in [0.5, 0.6) is 0 Å². The van der Waals surface area contributed by atoms with Crippen molar-refractivity contribution in [1.82, 2.24) is 9.55 Å². The van der Waals surface area contributed by atoms with Gasteiger partial charge in [-0.25, -0.2) is 4.98 Å². The molecule has 0 aliphatic heterocycles. The van der Waals surface area contributed by atoms with Crippen molar-refractivity contribution < 1.29 is 0 Å². The van der Waals surface area contributed by atoms with E-state index in [0.717, 1.165) is 12.2 Å². The minimum atomic E-state index is 0.482. The first-order chi connectivity index (χ1) is 10.2. The normalized spacial score (nSPS) is 26.0. The SMILES string of the molecule is Cc1ncn(C2CC(c3ccccc3)CCC2CN)c1C. The third-order valence-corrected chi connectivity index (χ3v) is 5.17. The summed E-state index contributed by atoms with van der Waals surface area (Å²) >= 11 is 0. The largest absolute Gasteiger partial charge is 0.331 e. The van der Waals surface area contributed by atoms with Gasteiger partial charge in [0, 0.05) is 11.7 Å². The van der Waals surface area contributed by atoms with Crippen LogP contribution in [0.2, 0.25) is 0 Å². The molecule has 1 fully saturated rings. The zero-order chi connectivity index (χ0) is 14.8. The molecule has 0 saturated heterocycles. The maximum Gasteiger partial charge on any atom is 0.0954 e. The van der Waals surface area contributed by atoms with Crippen molar-refractivity contribution in [1.29, 1.82) is 0 Å². The maximum atomic E-state index is 6.04. The number of nitrogens with two attached hydrogens (primary N) is 1. The summed E-state index contributed by atoms with van der Waals surface area (Å²) in [6.45, 7) is 5.02. The topological polar surface area (TPSA) is 43.8 Å². The summed E-state index contributed by atoms with van der Waals surface area (Å²) in [6, 6.07) is 11.4. The molecule has 0 radical (unpaired) electrons. The van der Waals surface area contributed by atoms with Gasteiger partial charge in [0.1, 0.15) is 0 Å². The zero-order valence-corrected chi connectivity index (χ0v) is 13.0. The third kappa shape index (κ3) is 2.75. The summed E-state index contributed by atoms with van der Waals surface area (Å²) in [4.78, 5) is 4.48. The number of benzene rings is 1. The Hall–Kier alpha value is -1.61. The highest BCUT2D eigenvalue weighted by molar-refractivity contribution is 5.21. The Morgan fingerprint density at radius 1 is 1.19 bits per heavy atom. The van der Waals surface area contributed by atoms with Crippen molar-refractivity contribution in [2.75, 3.05) is 6.54 Å². The van der Waals surface area contributed by atoms with Crippen LogP contribution in [0.1, 0.15) is 48.2 Å². The standard InChI is InChI=1S/C18H25N3/c1-13-14(2)21(12-20-13)18-10-16(8-9-17(18)11-19)15-6-4-3-5-7-15/h3-7,12,16-18H,8-11,19H2,1-2H3. The molecule has 1 aromatic heterocycles. The highest BCUT2D eigenvalue weighted by atomic mass is 15.1. The molecular weight excluding hydrogens is 258 g/mol. The molecule has 2 aromatic rings. The highest BCUT2D eigenvalue weighted by Gasteiger charge is 2.32. The number of aromatic nitrogens is 2. The van der Waals surface area contributed by atoms with Gasteiger partial charge < -0.3 is 10.3 Å². The van der Waals surface area contributed by atoms with Crippen molar-refractivity contribution in [2.24, 2.45) is 11.7 Å². The van der Waals surface area contributed by atoms with Crippen LogP contribution in [0.25, 0.3) is 0 Å². The van der Waals surface area contributed by atoms with E-state index in [4.69, 9.17) is 5.73 Å². The van der Waals surface area contributed by atoms with Crippen LogP contribution in [0.15, 0.2) is 36.7 Å². The van der Waals surface area contributed by atoms with E-state index in [1.165, 1.54) is 30.5 Å². The molecule has 1 saturated carbocycles. The molecule has 3 nitrogen and oxygen atoms in total. The van der Waals surface area contributed by atoms with Crippen molar-refractivity contribution in [3.63, 3.8) is 0 Å². The summed E-state index contributed by atoms with van der Waals surface area (Å²) in [6.07, 6.45) is 5.63. The van der Waals surface area contributed by atoms with Gasteiger partial charge in [0.2, 0.25) is 0 Å². The molecule has 0 spiro atoms. The first kappa shape index (κ1) is 14.3. The van der Waals surface area contributed by atoms with Crippen molar-refractivity contribution in [3.8, 4) is 0 Å². The molecule has 2 N–H and O–H groups in total. The number of imidazole rings is 1. The van der Waals surface area contributed by atoms with Gasteiger partial charge in [0.25, 0.3) is 0 Å². The number of hydrogen-bond acceptors (Lipinski definition) is 2. The van der Waals surface area contributed by atoms with Gasteiger partial charge >= 0.3 is 0 Å². The van der Waals surface area contributed by atoms with Crippen LogP contribution in [-0.2, 0) is 0 Å². The van der Waals surface area contributed by atoms with E-state index < -0.39 is 0 Å². The molecule has 3 heteroatoms. The van der Waals surface area contributed by atoms with Gasteiger partial charge in [-0.05, 0) is 57.1 Å². The second-order valence-corrected chi connectivity index (χ2v) is 6.31. The molecule has 1 aliphatic carbocycles. The van der Waals surface area contributed by atoms with Crippen LogP contribution in [0, 0.1) is 19.8 Å². The Morgan fingerprint density at radius 2 is 1.95 bits per heavy atom. The van der Waals surface area contributed by atoms with Crippen LogP contribution < -0.4 is 5.73 Å². The molecule has 1 aromatic carbocycles. The fourth-order valence-electron chi connectivity index (χ4n) is 3.70.